The summed E-state index contributed by atoms with van der Waals surface area (Å²) in [6.07, 6.45) is -4.79. The third-order valence-electron chi connectivity index (χ3n) is 3.36. The minimum atomic E-state index is -4.96. The van der Waals surface area contributed by atoms with Crippen molar-refractivity contribution >= 4 is 11.9 Å². The van der Waals surface area contributed by atoms with E-state index in [0.717, 1.165) is 0 Å². The monoisotopic (exact) mass is 267 g/mol. The van der Waals surface area contributed by atoms with E-state index in [1.165, 1.54) is 0 Å². The Morgan fingerprint density at radius 2 is 1.94 bits per heavy atom. The van der Waals surface area contributed by atoms with Crippen LogP contribution in [-0.4, -0.2) is 46.9 Å². The topological polar surface area (TPSA) is 66.8 Å². The van der Waals surface area contributed by atoms with Crippen LogP contribution in [-0.2, 0) is 14.3 Å². The van der Waals surface area contributed by atoms with Gasteiger partial charge in [0, 0.05) is 19.4 Å². The summed E-state index contributed by atoms with van der Waals surface area (Å²) < 4.78 is 42.5. The standard InChI is InChI=1S/C10H12F3NO4/c11-10(12,13)8(17)14-2-1-3-18-9(14)4-6(5-9)7(15)16/h6H,1-5H2,(H,15,16). The molecule has 1 N–H and O–H groups in total. The van der Waals surface area contributed by atoms with Crippen molar-refractivity contribution in [1.82, 2.24) is 4.90 Å². The van der Waals surface area contributed by atoms with Crippen molar-refractivity contribution in [3.63, 3.8) is 0 Å². The molecule has 0 bridgehead atoms. The second-order valence-electron chi connectivity index (χ2n) is 4.55. The van der Waals surface area contributed by atoms with Gasteiger partial charge in [0.1, 0.15) is 5.72 Å². The second kappa shape index (κ2) is 4.11. The van der Waals surface area contributed by atoms with Crippen molar-refractivity contribution in [3.05, 3.63) is 0 Å². The number of carbonyl (C=O) groups excluding carboxylic acids is 1. The normalized spacial score (nSPS) is 32.2. The van der Waals surface area contributed by atoms with Crippen molar-refractivity contribution in [1.29, 1.82) is 0 Å². The Morgan fingerprint density at radius 1 is 1.33 bits per heavy atom. The third kappa shape index (κ3) is 2.05. The highest BCUT2D eigenvalue weighted by Crippen LogP contribution is 2.46. The first-order valence-electron chi connectivity index (χ1n) is 5.52. The lowest BCUT2D eigenvalue weighted by Crippen LogP contribution is -2.66. The predicted octanol–water partition coefficient (Wildman–Crippen LogP) is 0.988. The van der Waals surface area contributed by atoms with Gasteiger partial charge in [-0.3, -0.25) is 9.59 Å². The summed E-state index contributed by atoms with van der Waals surface area (Å²) in [5, 5.41) is 8.75. The number of carboxylic acid groups (broad SMARTS) is 1. The first-order valence-corrected chi connectivity index (χ1v) is 5.52. The van der Waals surface area contributed by atoms with E-state index in [9.17, 15) is 22.8 Å². The zero-order valence-electron chi connectivity index (χ0n) is 9.37. The van der Waals surface area contributed by atoms with Gasteiger partial charge >= 0.3 is 18.1 Å². The fourth-order valence-electron chi connectivity index (χ4n) is 2.43. The number of rotatable bonds is 1. The molecule has 1 spiro atoms. The van der Waals surface area contributed by atoms with Crippen LogP contribution in [0.1, 0.15) is 19.3 Å². The van der Waals surface area contributed by atoms with Gasteiger partial charge in [-0.2, -0.15) is 13.2 Å². The van der Waals surface area contributed by atoms with Crippen LogP contribution in [0.2, 0.25) is 0 Å². The lowest BCUT2D eigenvalue weighted by atomic mass is 9.74. The molecule has 1 amide bonds. The van der Waals surface area contributed by atoms with Gasteiger partial charge in [0.2, 0.25) is 0 Å². The lowest BCUT2D eigenvalue weighted by molar-refractivity contribution is -0.261. The predicted molar refractivity (Wildman–Crippen MR) is 51.4 cm³/mol. The number of carbonyl (C=O) groups is 2. The molecule has 0 radical (unpaired) electrons. The van der Waals surface area contributed by atoms with E-state index in [1.54, 1.807) is 0 Å². The summed E-state index contributed by atoms with van der Waals surface area (Å²) in [7, 11) is 0. The molecule has 18 heavy (non-hydrogen) atoms. The van der Waals surface area contributed by atoms with Crippen LogP contribution in [0.5, 0.6) is 0 Å². The molecule has 1 saturated carbocycles. The SMILES string of the molecule is O=C(O)C1CC2(C1)OCCCN2C(=O)C(F)(F)F. The number of aliphatic carboxylic acids is 1. The van der Waals surface area contributed by atoms with Crippen LogP contribution in [0.3, 0.4) is 0 Å². The number of halogens is 3. The van der Waals surface area contributed by atoms with E-state index in [1.807, 2.05) is 0 Å². The van der Waals surface area contributed by atoms with Gasteiger partial charge in [0.25, 0.3) is 0 Å². The van der Waals surface area contributed by atoms with E-state index in [-0.39, 0.29) is 26.0 Å². The van der Waals surface area contributed by atoms with Crippen LogP contribution in [0, 0.1) is 5.92 Å². The van der Waals surface area contributed by atoms with Crippen LogP contribution in [0.4, 0.5) is 13.2 Å². The number of carboxylic acids is 1. The molecule has 1 heterocycles. The van der Waals surface area contributed by atoms with E-state index < -0.39 is 29.7 Å². The Morgan fingerprint density at radius 3 is 2.44 bits per heavy atom. The van der Waals surface area contributed by atoms with Crippen LogP contribution < -0.4 is 0 Å². The van der Waals surface area contributed by atoms with E-state index in [2.05, 4.69) is 0 Å². The minimum absolute atomic E-state index is 0.0509. The van der Waals surface area contributed by atoms with E-state index in [0.29, 0.717) is 11.3 Å². The summed E-state index contributed by atoms with van der Waals surface area (Å²) in [6, 6.07) is 0. The average Bonchev–Trinajstić information content (AvgIpc) is 2.23. The molecule has 0 unspecified atom stereocenters. The number of hydrogen-bond donors (Lipinski definition) is 1. The van der Waals surface area contributed by atoms with Gasteiger partial charge in [-0.05, 0) is 6.42 Å². The Balaban J connectivity index is 2.14. The summed E-state index contributed by atoms with van der Waals surface area (Å²) in [5.41, 5.74) is -1.37. The Kier molecular flexibility index (Phi) is 3.00. The maximum Gasteiger partial charge on any atom is 0.471 e. The smallest absolute Gasteiger partial charge is 0.471 e. The Hall–Kier alpha value is -1.31. The molecule has 2 rings (SSSR count). The molecular formula is C10H12F3NO4. The van der Waals surface area contributed by atoms with Crippen molar-refractivity contribution in [3.8, 4) is 0 Å². The molecule has 0 aromatic heterocycles. The molecule has 102 valence electrons. The number of hydrogen-bond acceptors (Lipinski definition) is 3. The van der Waals surface area contributed by atoms with Gasteiger partial charge in [-0.25, -0.2) is 0 Å². The van der Waals surface area contributed by atoms with E-state index in [4.69, 9.17) is 9.84 Å². The largest absolute Gasteiger partial charge is 0.481 e. The average molecular weight is 267 g/mol. The highest BCUT2D eigenvalue weighted by Gasteiger charge is 2.59. The maximum absolute atomic E-state index is 12.4. The van der Waals surface area contributed by atoms with Crippen molar-refractivity contribution in [2.24, 2.45) is 5.92 Å². The van der Waals surface area contributed by atoms with Crippen LogP contribution >= 0.6 is 0 Å². The Labute approximate surface area is 100 Å². The number of amides is 1. The zero-order valence-corrected chi connectivity index (χ0v) is 9.37. The molecule has 0 atom stereocenters. The van der Waals surface area contributed by atoms with Crippen molar-refractivity contribution in [2.45, 2.75) is 31.2 Å². The summed E-state index contributed by atoms with van der Waals surface area (Å²) in [4.78, 5) is 22.6. The molecule has 0 aromatic carbocycles. The fraction of sp³-hybridized carbons (Fsp3) is 0.800. The molecule has 1 aliphatic carbocycles. The summed E-state index contributed by atoms with van der Waals surface area (Å²) in [6.45, 7) is 0.193. The van der Waals surface area contributed by atoms with Gasteiger partial charge in [0.15, 0.2) is 0 Å². The van der Waals surface area contributed by atoms with Gasteiger partial charge in [0.05, 0.1) is 12.5 Å². The molecule has 0 aromatic rings. The second-order valence-corrected chi connectivity index (χ2v) is 4.55. The molecule has 2 aliphatic rings. The minimum Gasteiger partial charge on any atom is -0.481 e. The molecule has 5 nitrogen and oxygen atoms in total. The Bertz CT molecular complexity index is 376. The molecule has 1 aliphatic heterocycles. The third-order valence-corrected chi connectivity index (χ3v) is 3.36. The molecular weight excluding hydrogens is 255 g/mol. The zero-order chi connectivity index (χ0) is 13.6. The quantitative estimate of drug-likeness (QED) is 0.769. The highest BCUT2D eigenvalue weighted by molar-refractivity contribution is 5.83. The van der Waals surface area contributed by atoms with Gasteiger partial charge in [-0.1, -0.05) is 0 Å². The molecule has 8 heteroatoms. The number of nitrogens with zero attached hydrogens (tertiary/aromatic N) is 1. The number of alkyl halides is 3. The van der Waals surface area contributed by atoms with Crippen molar-refractivity contribution in [2.75, 3.05) is 13.2 Å². The number of ether oxygens (including phenoxy) is 1. The van der Waals surface area contributed by atoms with Gasteiger partial charge < -0.3 is 14.7 Å². The van der Waals surface area contributed by atoms with Crippen molar-refractivity contribution < 1.29 is 32.6 Å². The molecule has 2 fully saturated rings. The van der Waals surface area contributed by atoms with Crippen LogP contribution in [0.25, 0.3) is 0 Å². The molecule has 1 saturated heterocycles. The fourth-order valence-corrected chi connectivity index (χ4v) is 2.43. The first-order chi connectivity index (χ1) is 8.26. The summed E-state index contributed by atoms with van der Waals surface area (Å²) in [5.74, 6) is -3.77. The van der Waals surface area contributed by atoms with Gasteiger partial charge in [-0.15, -0.1) is 0 Å². The maximum atomic E-state index is 12.4. The van der Waals surface area contributed by atoms with Crippen LogP contribution in [0.15, 0.2) is 0 Å². The van der Waals surface area contributed by atoms with E-state index >= 15 is 0 Å². The summed E-state index contributed by atoms with van der Waals surface area (Å²) >= 11 is 0. The first kappa shape index (κ1) is 13.1. The highest BCUT2D eigenvalue weighted by atomic mass is 19.4. The lowest BCUT2D eigenvalue weighted by Gasteiger charge is -2.54.